The summed E-state index contributed by atoms with van der Waals surface area (Å²) in [5.74, 6) is 0.846. The van der Waals surface area contributed by atoms with E-state index >= 15 is 0 Å². The van der Waals surface area contributed by atoms with E-state index in [2.05, 4.69) is 25.4 Å². The molecule has 0 unspecified atom stereocenters. The Morgan fingerprint density at radius 3 is 2.64 bits per heavy atom. The number of nitrogens with one attached hydrogen (secondary N) is 1. The highest BCUT2D eigenvalue weighted by Crippen LogP contribution is 2.23. The summed E-state index contributed by atoms with van der Waals surface area (Å²) >= 11 is 0. The molecule has 142 valence electrons. The SMILES string of the molecule is O=C(NCc1ccccn1)[C@@H]1CCCN(c2ccc(-c3ccccc3)nn2)C1. The van der Waals surface area contributed by atoms with E-state index in [4.69, 9.17) is 0 Å². The van der Waals surface area contributed by atoms with Gasteiger partial charge in [-0.2, -0.15) is 0 Å². The summed E-state index contributed by atoms with van der Waals surface area (Å²) in [6, 6.07) is 19.7. The van der Waals surface area contributed by atoms with Gasteiger partial charge in [-0.15, -0.1) is 10.2 Å². The van der Waals surface area contributed by atoms with Gasteiger partial charge in [0.2, 0.25) is 5.91 Å². The van der Waals surface area contributed by atoms with E-state index in [0.717, 1.165) is 42.2 Å². The van der Waals surface area contributed by atoms with Gasteiger partial charge in [0.05, 0.1) is 23.9 Å². The Morgan fingerprint density at radius 1 is 1.04 bits per heavy atom. The fraction of sp³-hybridized carbons (Fsp3) is 0.273. The minimum absolute atomic E-state index is 0.0481. The first kappa shape index (κ1) is 18.1. The maximum absolute atomic E-state index is 12.6. The molecular formula is C22H23N5O. The molecule has 0 aliphatic carbocycles. The third-order valence-corrected chi connectivity index (χ3v) is 5.01. The van der Waals surface area contributed by atoms with Crippen LogP contribution in [-0.2, 0) is 11.3 Å². The van der Waals surface area contributed by atoms with Gasteiger partial charge in [-0.25, -0.2) is 0 Å². The Bertz CT molecular complexity index is 899. The van der Waals surface area contributed by atoms with E-state index < -0.39 is 0 Å². The molecule has 0 spiro atoms. The van der Waals surface area contributed by atoms with Crippen molar-refractivity contribution in [3.05, 3.63) is 72.6 Å². The third-order valence-electron chi connectivity index (χ3n) is 5.01. The predicted molar refractivity (Wildman–Crippen MR) is 108 cm³/mol. The molecule has 1 fully saturated rings. The van der Waals surface area contributed by atoms with Crippen LogP contribution in [0, 0.1) is 5.92 Å². The molecule has 1 aromatic carbocycles. The van der Waals surface area contributed by atoms with Crippen molar-refractivity contribution in [3.8, 4) is 11.3 Å². The number of carbonyl (C=O) groups excluding carboxylic acids is 1. The number of aromatic nitrogens is 3. The normalized spacial score (nSPS) is 16.6. The average molecular weight is 373 g/mol. The first-order valence-electron chi connectivity index (χ1n) is 9.61. The van der Waals surface area contributed by atoms with Gasteiger partial charge in [0, 0.05) is 24.8 Å². The molecule has 3 heterocycles. The summed E-state index contributed by atoms with van der Waals surface area (Å²) in [7, 11) is 0. The van der Waals surface area contributed by atoms with Crippen LogP contribution in [0.25, 0.3) is 11.3 Å². The van der Waals surface area contributed by atoms with Crippen molar-refractivity contribution in [3.63, 3.8) is 0 Å². The van der Waals surface area contributed by atoms with E-state index in [9.17, 15) is 4.79 Å². The minimum atomic E-state index is -0.0481. The van der Waals surface area contributed by atoms with Crippen LogP contribution in [0.15, 0.2) is 66.9 Å². The number of nitrogens with zero attached hydrogens (tertiary/aromatic N) is 4. The second-order valence-corrected chi connectivity index (χ2v) is 6.97. The molecule has 1 atom stereocenters. The minimum Gasteiger partial charge on any atom is -0.354 e. The van der Waals surface area contributed by atoms with Gasteiger partial charge < -0.3 is 10.2 Å². The molecule has 6 nitrogen and oxygen atoms in total. The quantitative estimate of drug-likeness (QED) is 0.744. The van der Waals surface area contributed by atoms with Gasteiger partial charge >= 0.3 is 0 Å². The lowest BCUT2D eigenvalue weighted by Crippen LogP contribution is -2.43. The molecule has 1 amide bonds. The summed E-state index contributed by atoms with van der Waals surface area (Å²) in [4.78, 5) is 19.0. The number of pyridine rings is 1. The number of carbonyl (C=O) groups is 1. The van der Waals surface area contributed by atoms with Crippen molar-refractivity contribution in [1.29, 1.82) is 0 Å². The number of hydrogen-bond acceptors (Lipinski definition) is 5. The highest BCUT2D eigenvalue weighted by Gasteiger charge is 2.26. The molecule has 2 aromatic heterocycles. The highest BCUT2D eigenvalue weighted by atomic mass is 16.1. The molecule has 1 N–H and O–H groups in total. The molecule has 1 aliphatic rings. The van der Waals surface area contributed by atoms with Crippen LogP contribution in [0.5, 0.6) is 0 Å². The number of piperidine rings is 1. The molecule has 28 heavy (non-hydrogen) atoms. The molecule has 6 heteroatoms. The van der Waals surface area contributed by atoms with Crippen molar-refractivity contribution < 1.29 is 4.79 Å². The lowest BCUT2D eigenvalue weighted by Gasteiger charge is -2.32. The van der Waals surface area contributed by atoms with Gasteiger partial charge in [-0.3, -0.25) is 9.78 Å². The van der Waals surface area contributed by atoms with Gasteiger partial charge in [0.25, 0.3) is 0 Å². The third kappa shape index (κ3) is 4.34. The first-order valence-corrected chi connectivity index (χ1v) is 9.61. The highest BCUT2D eigenvalue weighted by molar-refractivity contribution is 5.79. The fourth-order valence-electron chi connectivity index (χ4n) is 3.48. The Labute approximate surface area is 164 Å². The molecule has 1 aliphatic heterocycles. The van der Waals surface area contributed by atoms with E-state index in [1.807, 2.05) is 60.7 Å². The number of benzene rings is 1. The molecule has 0 saturated carbocycles. The van der Waals surface area contributed by atoms with Crippen LogP contribution in [0.2, 0.25) is 0 Å². The maximum atomic E-state index is 12.6. The van der Waals surface area contributed by atoms with Gasteiger partial charge in [0.1, 0.15) is 0 Å². The second-order valence-electron chi connectivity index (χ2n) is 6.97. The van der Waals surface area contributed by atoms with Crippen molar-refractivity contribution in [1.82, 2.24) is 20.5 Å². The second kappa shape index (κ2) is 8.61. The summed E-state index contributed by atoms with van der Waals surface area (Å²) in [5.41, 5.74) is 2.77. The summed E-state index contributed by atoms with van der Waals surface area (Å²) in [6.07, 6.45) is 3.59. The van der Waals surface area contributed by atoms with Crippen LogP contribution < -0.4 is 10.2 Å². The summed E-state index contributed by atoms with van der Waals surface area (Å²) < 4.78 is 0. The topological polar surface area (TPSA) is 71.0 Å². The largest absolute Gasteiger partial charge is 0.354 e. The van der Waals surface area contributed by atoms with Gasteiger partial charge in [0.15, 0.2) is 5.82 Å². The van der Waals surface area contributed by atoms with E-state index in [-0.39, 0.29) is 11.8 Å². The fourth-order valence-corrected chi connectivity index (χ4v) is 3.48. The lowest BCUT2D eigenvalue weighted by atomic mass is 9.97. The van der Waals surface area contributed by atoms with Crippen molar-refractivity contribution in [2.45, 2.75) is 19.4 Å². The lowest BCUT2D eigenvalue weighted by molar-refractivity contribution is -0.125. The van der Waals surface area contributed by atoms with Crippen LogP contribution in [-0.4, -0.2) is 34.2 Å². The number of anilines is 1. The number of amides is 1. The molecule has 1 saturated heterocycles. The summed E-state index contributed by atoms with van der Waals surface area (Å²) in [5, 5.41) is 11.8. The molecular weight excluding hydrogens is 350 g/mol. The van der Waals surface area contributed by atoms with Gasteiger partial charge in [-0.05, 0) is 37.1 Å². The first-order chi connectivity index (χ1) is 13.8. The summed E-state index contributed by atoms with van der Waals surface area (Å²) in [6.45, 7) is 2.01. The average Bonchev–Trinajstić information content (AvgIpc) is 2.79. The smallest absolute Gasteiger partial charge is 0.225 e. The van der Waals surface area contributed by atoms with E-state index in [1.165, 1.54) is 0 Å². The number of hydrogen-bond donors (Lipinski definition) is 1. The monoisotopic (exact) mass is 373 g/mol. The van der Waals surface area contributed by atoms with Crippen LogP contribution in [0.4, 0.5) is 5.82 Å². The predicted octanol–water partition coefficient (Wildman–Crippen LogP) is 3.07. The molecule has 3 aromatic rings. The zero-order chi connectivity index (χ0) is 19.2. The zero-order valence-corrected chi connectivity index (χ0v) is 15.7. The van der Waals surface area contributed by atoms with Crippen LogP contribution >= 0.6 is 0 Å². The Hall–Kier alpha value is -3.28. The van der Waals surface area contributed by atoms with E-state index in [1.54, 1.807) is 6.20 Å². The Morgan fingerprint density at radius 2 is 1.89 bits per heavy atom. The van der Waals surface area contributed by atoms with Crippen LogP contribution in [0.1, 0.15) is 18.5 Å². The maximum Gasteiger partial charge on any atom is 0.225 e. The van der Waals surface area contributed by atoms with Crippen LogP contribution in [0.3, 0.4) is 0 Å². The van der Waals surface area contributed by atoms with Gasteiger partial charge in [-0.1, -0.05) is 36.4 Å². The zero-order valence-electron chi connectivity index (χ0n) is 15.7. The standard InChI is InChI=1S/C22H23N5O/c28-22(24-15-19-10-4-5-13-23-19)18-9-6-14-27(16-18)21-12-11-20(25-26-21)17-7-2-1-3-8-17/h1-5,7-8,10-13,18H,6,9,14-16H2,(H,24,28)/t18-/m1/s1. The van der Waals surface area contributed by atoms with Crippen molar-refractivity contribution in [2.75, 3.05) is 18.0 Å². The van der Waals surface area contributed by atoms with Crippen molar-refractivity contribution in [2.24, 2.45) is 5.92 Å². The molecule has 0 bridgehead atoms. The Balaban J connectivity index is 1.37. The Kier molecular flexibility index (Phi) is 5.56. The van der Waals surface area contributed by atoms with E-state index in [0.29, 0.717) is 13.1 Å². The molecule has 4 rings (SSSR count). The number of rotatable bonds is 5. The van der Waals surface area contributed by atoms with Crippen molar-refractivity contribution >= 4 is 11.7 Å². The molecule has 0 radical (unpaired) electrons.